The van der Waals surface area contributed by atoms with Crippen molar-refractivity contribution in [1.82, 2.24) is 0 Å². The minimum atomic E-state index is -0.359. The van der Waals surface area contributed by atoms with Gasteiger partial charge in [0.15, 0.2) is 11.6 Å². The first-order valence-corrected chi connectivity index (χ1v) is 4.96. The van der Waals surface area contributed by atoms with Gasteiger partial charge < -0.3 is 10.5 Å². The molecule has 3 heteroatoms. The Balaban J connectivity index is 3.15. The van der Waals surface area contributed by atoms with Crippen molar-refractivity contribution in [2.24, 2.45) is 11.1 Å². The van der Waals surface area contributed by atoms with Crippen LogP contribution in [0.15, 0.2) is 18.2 Å². The van der Waals surface area contributed by atoms with Gasteiger partial charge in [-0.1, -0.05) is 32.9 Å². The molecule has 1 unspecified atom stereocenters. The quantitative estimate of drug-likeness (QED) is 0.816. The number of hydrogen-bond donors (Lipinski definition) is 1. The Hall–Kier alpha value is -1.09. The van der Waals surface area contributed by atoms with E-state index in [4.69, 9.17) is 10.5 Å². The summed E-state index contributed by atoms with van der Waals surface area (Å²) < 4.78 is 18.8. The lowest BCUT2D eigenvalue weighted by atomic mass is 9.83. The average Bonchev–Trinajstić information content (AvgIpc) is 2.16. The molecule has 0 saturated heterocycles. The number of rotatable bonds is 2. The number of methoxy groups -OCH3 is 1. The monoisotopic (exact) mass is 211 g/mol. The Labute approximate surface area is 90.2 Å². The minimum Gasteiger partial charge on any atom is -0.494 e. The van der Waals surface area contributed by atoms with Crippen molar-refractivity contribution < 1.29 is 9.13 Å². The van der Waals surface area contributed by atoms with Crippen LogP contribution < -0.4 is 10.5 Å². The summed E-state index contributed by atoms with van der Waals surface area (Å²) >= 11 is 0. The zero-order chi connectivity index (χ0) is 11.6. The Morgan fingerprint density at radius 3 is 2.40 bits per heavy atom. The molecule has 0 aliphatic heterocycles. The van der Waals surface area contributed by atoms with Crippen LogP contribution in [0.2, 0.25) is 0 Å². The van der Waals surface area contributed by atoms with Crippen molar-refractivity contribution in [2.75, 3.05) is 7.11 Å². The molecule has 1 atom stereocenters. The molecule has 2 nitrogen and oxygen atoms in total. The van der Waals surface area contributed by atoms with Gasteiger partial charge in [0.1, 0.15) is 0 Å². The first-order valence-electron chi connectivity index (χ1n) is 4.96. The van der Waals surface area contributed by atoms with Crippen LogP contribution in [0.1, 0.15) is 32.4 Å². The van der Waals surface area contributed by atoms with Crippen molar-refractivity contribution in [3.63, 3.8) is 0 Å². The number of hydrogen-bond acceptors (Lipinski definition) is 2. The highest BCUT2D eigenvalue weighted by molar-refractivity contribution is 5.33. The number of benzene rings is 1. The highest BCUT2D eigenvalue weighted by Gasteiger charge is 2.25. The van der Waals surface area contributed by atoms with E-state index >= 15 is 0 Å². The molecular weight excluding hydrogens is 193 g/mol. The first-order chi connectivity index (χ1) is 6.88. The van der Waals surface area contributed by atoms with E-state index in [0.29, 0.717) is 5.56 Å². The maximum atomic E-state index is 13.8. The van der Waals surface area contributed by atoms with E-state index in [2.05, 4.69) is 0 Å². The van der Waals surface area contributed by atoms with Gasteiger partial charge >= 0.3 is 0 Å². The minimum absolute atomic E-state index is 0.173. The van der Waals surface area contributed by atoms with Crippen LogP contribution in [-0.2, 0) is 0 Å². The second-order valence-corrected chi connectivity index (χ2v) is 4.71. The van der Waals surface area contributed by atoms with E-state index in [9.17, 15) is 4.39 Å². The van der Waals surface area contributed by atoms with Crippen molar-refractivity contribution in [1.29, 1.82) is 0 Å². The molecular formula is C12H18FNO. The fourth-order valence-electron chi connectivity index (χ4n) is 1.39. The molecule has 0 radical (unpaired) electrons. The summed E-state index contributed by atoms with van der Waals surface area (Å²) in [6, 6.07) is 4.71. The number of nitrogens with two attached hydrogens (primary N) is 1. The van der Waals surface area contributed by atoms with Crippen LogP contribution in [0.5, 0.6) is 5.75 Å². The van der Waals surface area contributed by atoms with Gasteiger partial charge in [0, 0.05) is 11.6 Å². The van der Waals surface area contributed by atoms with Crippen LogP contribution in [0.3, 0.4) is 0 Å². The smallest absolute Gasteiger partial charge is 0.169 e. The zero-order valence-corrected chi connectivity index (χ0v) is 9.67. The fourth-order valence-corrected chi connectivity index (χ4v) is 1.39. The van der Waals surface area contributed by atoms with Gasteiger partial charge in [-0.2, -0.15) is 0 Å². The van der Waals surface area contributed by atoms with Gasteiger partial charge in [0.25, 0.3) is 0 Å². The second kappa shape index (κ2) is 4.19. The lowest BCUT2D eigenvalue weighted by Crippen LogP contribution is -2.27. The van der Waals surface area contributed by atoms with Crippen LogP contribution in [0.4, 0.5) is 4.39 Å². The van der Waals surface area contributed by atoms with E-state index < -0.39 is 0 Å². The van der Waals surface area contributed by atoms with Gasteiger partial charge in [-0.15, -0.1) is 0 Å². The average molecular weight is 211 g/mol. The lowest BCUT2D eigenvalue weighted by Gasteiger charge is -2.27. The third-order valence-electron chi connectivity index (χ3n) is 2.48. The van der Waals surface area contributed by atoms with E-state index in [0.717, 1.165) is 0 Å². The van der Waals surface area contributed by atoms with Crippen LogP contribution in [-0.4, -0.2) is 7.11 Å². The normalized spacial score (nSPS) is 13.7. The molecule has 84 valence electrons. The van der Waals surface area contributed by atoms with E-state index in [-0.39, 0.29) is 23.0 Å². The molecule has 0 spiro atoms. The maximum absolute atomic E-state index is 13.8. The molecule has 1 aromatic carbocycles. The highest BCUT2D eigenvalue weighted by Crippen LogP contribution is 2.34. The van der Waals surface area contributed by atoms with Crippen LogP contribution in [0.25, 0.3) is 0 Å². The molecule has 2 N–H and O–H groups in total. The second-order valence-electron chi connectivity index (χ2n) is 4.71. The molecule has 0 saturated carbocycles. The number of halogens is 1. The molecule has 15 heavy (non-hydrogen) atoms. The molecule has 0 aliphatic rings. The van der Waals surface area contributed by atoms with Gasteiger partial charge in [-0.3, -0.25) is 0 Å². The zero-order valence-electron chi connectivity index (χ0n) is 9.67. The molecule has 1 aromatic rings. The Morgan fingerprint density at radius 2 is 1.93 bits per heavy atom. The summed E-state index contributed by atoms with van der Waals surface area (Å²) in [5.41, 5.74) is 6.33. The summed E-state index contributed by atoms with van der Waals surface area (Å²) in [6.45, 7) is 5.95. The molecule has 0 fully saturated rings. The van der Waals surface area contributed by atoms with Crippen LogP contribution >= 0.6 is 0 Å². The van der Waals surface area contributed by atoms with Crippen molar-refractivity contribution in [3.05, 3.63) is 29.6 Å². The lowest BCUT2D eigenvalue weighted by molar-refractivity contribution is 0.313. The Bertz CT molecular complexity index is 344. The molecule has 0 heterocycles. The Morgan fingerprint density at radius 1 is 1.33 bits per heavy atom. The summed E-state index contributed by atoms with van der Waals surface area (Å²) in [7, 11) is 1.45. The summed E-state index contributed by atoms with van der Waals surface area (Å²) in [4.78, 5) is 0. The first kappa shape index (κ1) is 12.0. The SMILES string of the molecule is COc1cccc(C(N)C(C)(C)C)c1F. The largest absolute Gasteiger partial charge is 0.494 e. The fraction of sp³-hybridized carbons (Fsp3) is 0.500. The van der Waals surface area contributed by atoms with Crippen molar-refractivity contribution in [2.45, 2.75) is 26.8 Å². The maximum Gasteiger partial charge on any atom is 0.169 e. The number of ether oxygens (including phenoxy) is 1. The third kappa shape index (κ3) is 2.48. The molecule has 0 amide bonds. The van der Waals surface area contributed by atoms with Gasteiger partial charge in [0.2, 0.25) is 0 Å². The predicted molar refractivity (Wildman–Crippen MR) is 59.3 cm³/mol. The molecule has 0 aromatic heterocycles. The molecule has 0 bridgehead atoms. The van der Waals surface area contributed by atoms with Gasteiger partial charge in [-0.05, 0) is 11.5 Å². The van der Waals surface area contributed by atoms with E-state index in [1.165, 1.54) is 7.11 Å². The summed E-state index contributed by atoms with van der Waals surface area (Å²) in [6.07, 6.45) is 0. The van der Waals surface area contributed by atoms with E-state index in [1.54, 1.807) is 18.2 Å². The summed E-state index contributed by atoms with van der Waals surface area (Å²) in [5.74, 6) is -0.116. The Kier molecular flexibility index (Phi) is 3.35. The van der Waals surface area contributed by atoms with Crippen molar-refractivity contribution >= 4 is 0 Å². The summed E-state index contributed by atoms with van der Waals surface area (Å²) in [5, 5.41) is 0. The highest BCUT2D eigenvalue weighted by atomic mass is 19.1. The molecule has 1 rings (SSSR count). The standard InChI is InChI=1S/C12H18FNO/c1-12(2,3)11(14)8-6-5-7-9(15-4)10(8)13/h5-7,11H,14H2,1-4H3. The third-order valence-corrected chi connectivity index (χ3v) is 2.48. The predicted octanol–water partition coefficient (Wildman–Crippen LogP) is 2.88. The van der Waals surface area contributed by atoms with Gasteiger partial charge in [-0.25, -0.2) is 4.39 Å². The van der Waals surface area contributed by atoms with Crippen LogP contribution in [0, 0.1) is 11.2 Å². The van der Waals surface area contributed by atoms with Crippen molar-refractivity contribution in [3.8, 4) is 5.75 Å². The topological polar surface area (TPSA) is 35.2 Å². The van der Waals surface area contributed by atoms with Gasteiger partial charge in [0.05, 0.1) is 7.11 Å². The van der Waals surface area contributed by atoms with E-state index in [1.807, 2.05) is 20.8 Å². The molecule has 0 aliphatic carbocycles.